The van der Waals surface area contributed by atoms with Crippen LogP contribution in [0.5, 0.6) is 11.5 Å². The van der Waals surface area contributed by atoms with Crippen molar-refractivity contribution in [3.8, 4) is 11.5 Å². The first-order valence-corrected chi connectivity index (χ1v) is 14.3. The molecule has 0 saturated heterocycles. The van der Waals surface area contributed by atoms with E-state index in [2.05, 4.69) is 0 Å². The van der Waals surface area contributed by atoms with Crippen LogP contribution in [0.2, 0.25) is 0 Å². The van der Waals surface area contributed by atoms with Crippen molar-refractivity contribution >= 4 is 24.2 Å². The largest absolute Gasteiger partial charge is 0.514 e. The second-order valence-corrected chi connectivity index (χ2v) is 11.3. The van der Waals surface area contributed by atoms with Crippen LogP contribution in [0.15, 0.2) is 48.5 Å². The molecule has 11 heteroatoms. The monoisotopic (exact) mass is 601 g/mol. The topological polar surface area (TPSA) is 161 Å². The smallest absolute Gasteiger partial charge is 0.480 e. The second-order valence-electron chi connectivity index (χ2n) is 11.3. The zero-order valence-corrected chi connectivity index (χ0v) is 25.9. The molecule has 0 amide bonds. The summed E-state index contributed by atoms with van der Waals surface area (Å²) in [5, 5.41) is 9.85. The second kappa shape index (κ2) is 15.9. The van der Waals surface area contributed by atoms with Crippen molar-refractivity contribution in [1.29, 1.82) is 0 Å². The van der Waals surface area contributed by atoms with Gasteiger partial charge in [-0.05, 0) is 62.4 Å². The molecule has 3 N–H and O–H groups in total. The molecule has 0 aliphatic carbocycles. The van der Waals surface area contributed by atoms with E-state index >= 15 is 0 Å². The van der Waals surface area contributed by atoms with E-state index in [0.717, 1.165) is 0 Å². The van der Waals surface area contributed by atoms with Gasteiger partial charge in [-0.25, -0.2) is 14.4 Å². The molecule has 43 heavy (non-hydrogen) atoms. The fraction of sp³-hybridized carbons (Fsp3) is 0.500. The molecule has 11 nitrogen and oxygen atoms in total. The van der Waals surface area contributed by atoms with Crippen LogP contribution in [0.1, 0.15) is 77.2 Å². The first-order valence-electron chi connectivity index (χ1n) is 14.3. The van der Waals surface area contributed by atoms with E-state index in [4.69, 9.17) is 29.4 Å². The molecule has 6 atom stereocenters. The zero-order valence-electron chi connectivity index (χ0n) is 25.9. The van der Waals surface area contributed by atoms with E-state index in [0.29, 0.717) is 11.1 Å². The standard InChI is InChI=1S/C32H43NO10/c1-17(2)20(6)40-31(37)42-25-15-14-24(16-26(25)43-32(38)41-21(7)18(3)4)27(28(33)29(34)35)19(5)22(8)39-30(36)23-12-10-9-11-13-23/h9-22,27-28H,33H2,1-8H3,(H,34,35)/t19?,20?,21?,22?,27?,28-/m0/s1. The molecule has 2 aromatic carbocycles. The Balaban J connectivity index is 2.46. The number of benzene rings is 2. The van der Waals surface area contributed by atoms with Crippen molar-refractivity contribution in [2.24, 2.45) is 23.5 Å². The number of nitrogens with two attached hydrogens (primary N) is 1. The molecule has 0 aliphatic rings. The van der Waals surface area contributed by atoms with Gasteiger partial charge in [0.05, 0.1) is 5.56 Å². The zero-order chi connectivity index (χ0) is 32.4. The van der Waals surface area contributed by atoms with Gasteiger partial charge in [0.25, 0.3) is 0 Å². The van der Waals surface area contributed by atoms with E-state index in [1.807, 2.05) is 27.7 Å². The average Bonchev–Trinajstić information content (AvgIpc) is 2.94. The van der Waals surface area contributed by atoms with Crippen LogP contribution < -0.4 is 15.2 Å². The normalized spacial score (nSPS) is 15.4. The van der Waals surface area contributed by atoms with Gasteiger partial charge in [0.2, 0.25) is 0 Å². The van der Waals surface area contributed by atoms with Crippen LogP contribution in [0.3, 0.4) is 0 Å². The van der Waals surface area contributed by atoms with E-state index in [1.165, 1.54) is 18.2 Å². The Hall–Kier alpha value is -4.12. The Morgan fingerprint density at radius 3 is 1.67 bits per heavy atom. The predicted octanol–water partition coefficient (Wildman–Crippen LogP) is 6.18. The van der Waals surface area contributed by atoms with Gasteiger partial charge in [-0.2, -0.15) is 0 Å². The number of ether oxygens (including phenoxy) is 5. The Bertz CT molecular complexity index is 1250. The maximum Gasteiger partial charge on any atom is 0.514 e. The summed E-state index contributed by atoms with van der Waals surface area (Å²) >= 11 is 0. The highest BCUT2D eigenvalue weighted by molar-refractivity contribution is 5.89. The van der Waals surface area contributed by atoms with Crippen molar-refractivity contribution in [2.45, 2.75) is 85.7 Å². The lowest BCUT2D eigenvalue weighted by molar-refractivity contribution is -0.139. The Labute approximate surface area is 252 Å². The number of carbonyl (C=O) groups is 4. The lowest BCUT2D eigenvalue weighted by Crippen LogP contribution is -2.42. The molecule has 0 saturated carbocycles. The van der Waals surface area contributed by atoms with E-state index < -0.39 is 60.4 Å². The lowest BCUT2D eigenvalue weighted by Gasteiger charge is -2.32. The van der Waals surface area contributed by atoms with Crippen LogP contribution >= 0.6 is 0 Å². The van der Waals surface area contributed by atoms with Gasteiger partial charge in [-0.1, -0.05) is 58.9 Å². The third kappa shape index (κ3) is 10.3. The maximum absolute atomic E-state index is 12.7. The number of hydrogen-bond donors (Lipinski definition) is 2. The van der Waals surface area contributed by atoms with E-state index in [1.54, 1.807) is 58.0 Å². The number of esters is 1. The molecule has 0 fully saturated rings. The molecule has 0 radical (unpaired) electrons. The number of hydrogen-bond acceptors (Lipinski definition) is 10. The molecule has 0 aromatic heterocycles. The molecule has 0 heterocycles. The molecule has 5 unspecified atom stereocenters. The third-order valence-electron chi connectivity index (χ3n) is 7.46. The fourth-order valence-corrected chi connectivity index (χ4v) is 3.90. The fourth-order valence-electron chi connectivity index (χ4n) is 3.90. The molecular formula is C32H43NO10. The predicted molar refractivity (Wildman–Crippen MR) is 158 cm³/mol. The molecule has 0 spiro atoms. The minimum absolute atomic E-state index is 0.000910. The highest BCUT2D eigenvalue weighted by atomic mass is 16.7. The first kappa shape index (κ1) is 35.1. The Morgan fingerprint density at radius 2 is 1.19 bits per heavy atom. The highest BCUT2D eigenvalue weighted by Crippen LogP contribution is 2.37. The summed E-state index contributed by atoms with van der Waals surface area (Å²) in [5.74, 6) is -3.76. The van der Waals surface area contributed by atoms with Gasteiger partial charge in [0, 0.05) is 11.8 Å². The summed E-state index contributed by atoms with van der Waals surface area (Å²) in [6, 6.07) is 11.1. The summed E-state index contributed by atoms with van der Waals surface area (Å²) in [5.41, 5.74) is 6.82. The number of carboxylic acid groups (broad SMARTS) is 1. The SMILES string of the molecule is CC(C)C(C)OC(=O)Oc1ccc(C(C(C)C(C)OC(=O)c2ccccc2)[C@H](N)C(=O)O)cc1OC(=O)OC(C)C(C)C. The van der Waals surface area contributed by atoms with Crippen LogP contribution in [0.25, 0.3) is 0 Å². The van der Waals surface area contributed by atoms with Gasteiger partial charge in [0.15, 0.2) is 11.5 Å². The quantitative estimate of drug-likeness (QED) is 0.153. The molecule has 236 valence electrons. The summed E-state index contributed by atoms with van der Waals surface area (Å²) in [6.07, 6.45) is -3.77. The van der Waals surface area contributed by atoms with Crippen molar-refractivity contribution in [1.82, 2.24) is 0 Å². The van der Waals surface area contributed by atoms with Gasteiger partial charge >= 0.3 is 24.2 Å². The number of carboxylic acids is 1. The van der Waals surface area contributed by atoms with E-state index in [-0.39, 0.29) is 23.3 Å². The lowest BCUT2D eigenvalue weighted by atomic mass is 9.79. The van der Waals surface area contributed by atoms with Gasteiger partial charge < -0.3 is 34.5 Å². The maximum atomic E-state index is 12.7. The van der Waals surface area contributed by atoms with Crippen molar-refractivity contribution < 1.29 is 48.0 Å². The summed E-state index contributed by atoms with van der Waals surface area (Å²) in [7, 11) is 0. The van der Waals surface area contributed by atoms with Crippen LogP contribution in [-0.4, -0.2) is 53.7 Å². The molecular weight excluding hydrogens is 558 g/mol. The molecule has 0 bridgehead atoms. The molecule has 2 rings (SSSR count). The number of rotatable bonds is 13. The van der Waals surface area contributed by atoms with Crippen LogP contribution in [-0.2, 0) is 19.0 Å². The van der Waals surface area contributed by atoms with Gasteiger partial charge in [-0.15, -0.1) is 0 Å². The Morgan fingerprint density at radius 1 is 0.674 bits per heavy atom. The molecule has 0 aliphatic heterocycles. The van der Waals surface area contributed by atoms with Crippen molar-refractivity contribution in [3.05, 3.63) is 59.7 Å². The van der Waals surface area contributed by atoms with Crippen LogP contribution in [0, 0.1) is 17.8 Å². The summed E-state index contributed by atoms with van der Waals surface area (Å²) < 4.78 is 27.1. The minimum Gasteiger partial charge on any atom is -0.480 e. The molecule has 2 aromatic rings. The van der Waals surface area contributed by atoms with Crippen LogP contribution in [0.4, 0.5) is 9.59 Å². The average molecular weight is 602 g/mol. The van der Waals surface area contributed by atoms with Gasteiger partial charge in [-0.3, -0.25) is 4.79 Å². The van der Waals surface area contributed by atoms with Gasteiger partial charge in [0.1, 0.15) is 24.4 Å². The Kier molecular flexibility index (Phi) is 13.0. The summed E-state index contributed by atoms with van der Waals surface area (Å²) in [6.45, 7) is 14.2. The van der Waals surface area contributed by atoms with E-state index in [9.17, 15) is 24.3 Å². The number of carbonyl (C=O) groups excluding carboxylic acids is 3. The third-order valence-corrected chi connectivity index (χ3v) is 7.46. The minimum atomic E-state index is -1.43. The number of aliphatic carboxylic acids is 1. The van der Waals surface area contributed by atoms with Crippen molar-refractivity contribution in [2.75, 3.05) is 0 Å². The van der Waals surface area contributed by atoms with Crippen molar-refractivity contribution in [3.63, 3.8) is 0 Å². The highest BCUT2D eigenvalue weighted by Gasteiger charge is 2.36. The summed E-state index contributed by atoms with van der Waals surface area (Å²) in [4.78, 5) is 49.9. The first-order chi connectivity index (χ1) is 20.1.